The fraction of sp³-hybridized carbons (Fsp3) is 0.308. The van der Waals surface area contributed by atoms with E-state index < -0.39 is 22.9 Å². The van der Waals surface area contributed by atoms with Gasteiger partial charge in [0.05, 0.1) is 17.2 Å². The summed E-state index contributed by atoms with van der Waals surface area (Å²) in [5.41, 5.74) is 0.231. The Bertz CT molecular complexity index is 640. The van der Waals surface area contributed by atoms with Gasteiger partial charge in [0.25, 0.3) is 5.69 Å². The van der Waals surface area contributed by atoms with Crippen molar-refractivity contribution in [2.45, 2.75) is 19.4 Å². The zero-order valence-corrected chi connectivity index (χ0v) is 11.6. The van der Waals surface area contributed by atoms with Gasteiger partial charge in [-0.05, 0) is 19.1 Å². The molecule has 2 rings (SSSR count). The Morgan fingerprint density at radius 1 is 1.45 bits per heavy atom. The van der Waals surface area contributed by atoms with Gasteiger partial charge in [-0.15, -0.1) is 0 Å². The molecule has 1 atom stereocenters. The highest BCUT2D eigenvalue weighted by molar-refractivity contribution is 6.38. The SMILES string of the molecule is CCOC(=O)C1=NN(c2ccc([N+](=O)[O-])cc2)[C@H](C(=O)O)C1. The number of non-ortho nitro benzene ring substituents is 1. The number of hydrogen-bond donors (Lipinski definition) is 1. The Labute approximate surface area is 124 Å². The van der Waals surface area contributed by atoms with Crippen molar-refractivity contribution in [3.8, 4) is 0 Å². The first kappa shape index (κ1) is 15.4. The monoisotopic (exact) mass is 307 g/mol. The maximum atomic E-state index is 11.7. The molecule has 116 valence electrons. The number of carboxylic acids is 1. The predicted molar refractivity (Wildman–Crippen MR) is 75.7 cm³/mol. The lowest BCUT2D eigenvalue weighted by Crippen LogP contribution is -2.34. The van der Waals surface area contributed by atoms with Crippen molar-refractivity contribution >= 4 is 29.0 Å². The molecule has 0 spiro atoms. The van der Waals surface area contributed by atoms with Crippen molar-refractivity contribution < 1.29 is 24.4 Å². The van der Waals surface area contributed by atoms with Gasteiger partial charge < -0.3 is 9.84 Å². The van der Waals surface area contributed by atoms with Crippen molar-refractivity contribution in [1.29, 1.82) is 0 Å². The average Bonchev–Trinajstić information content (AvgIpc) is 2.93. The maximum Gasteiger partial charge on any atom is 0.354 e. The van der Waals surface area contributed by atoms with Crippen molar-refractivity contribution in [3.63, 3.8) is 0 Å². The molecule has 1 heterocycles. The molecule has 1 aliphatic rings. The molecule has 1 aromatic carbocycles. The Balaban J connectivity index is 2.30. The van der Waals surface area contributed by atoms with Crippen LogP contribution in [-0.4, -0.2) is 40.3 Å². The van der Waals surface area contributed by atoms with Gasteiger partial charge in [0, 0.05) is 18.6 Å². The molecule has 0 bridgehead atoms. The molecule has 9 nitrogen and oxygen atoms in total. The van der Waals surface area contributed by atoms with Gasteiger partial charge in [-0.2, -0.15) is 5.10 Å². The summed E-state index contributed by atoms with van der Waals surface area (Å²) < 4.78 is 4.81. The van der Waals surface area contributed by atoms with Gasteiger partial charge in [-0.1, -0.05) is 0 Å². The zero-order chi connectivity index (χ0) is 16.3. The molecule has 0 aromatic heterocycles. The maximum absolute atomic E-state index is 11.7. The number of carbonyl (C=O) groups is 2. The summed E-state index contributed by atoms with van der Waals surface area (Å²) >= 11 is 0. The first-order valence-electron chi connectivity index (χ1n) is 6.45. The van der Waals surface area contributed by atoms with Crippen LogP contribution in [0, 0.1) is 10.1 Å². The summed E-state index contributed by atoms with van der Waals surface area (Å²) in [6, 6.07) is 4.19. The fourth-order valence-corrected chi connectivity index (χ4v) is 2.01. The van der Waals surface area contributed by atoms with Crippen LogP contribution in [0.25, 0.3) is 0 Å². The molecule has 0 aliphatic carbocycles. The van der Waals surface area contributed by atoms with Gasteiger partial charge in [-0.3, -0.25) is 15.1 Å². The number of nitro groups is 1. The van der Waals surface area contributed by atoms with Crippen LogP contribution in [0.15, 0.2) is 29.4 Å². The molecular formula is C13H13N3O6. The van der Waals surface area contributed by atoms with Crippen molar-refractivity contribution in [3.05, 3.63) is 34.4 Å². The van der Waals surface area contributed by atoms with E-state index in [4.69, 9.17) is 4.74 Å². The predicted octanol–water partition coefficient (Wildman–Crippen LogP) is 1.18. The number of carboxylic acid groups (broad SMARTS) is 1. The third-order valence-corrected chi connectivity index (χ3v) is 3.03. The molecule has 0 saturated carbocycles. The van der Waals surface area contributed by atoms with Crippen molar-refractivity contribution in [2.24, 2.45) is 5.10 Å². The Hall–Kier alpha value is -2.97. The largest absolute Gasteiger partial charge is 0.480 e. The van der Waals surface area contributed by atoms with E-state index in [0.29, 0.717) is 5.69 Å². The van der Waals surface area contributed by atoms with E-state index in [0.717, 1.165) is 5.01 Å². The van der Waals surface area contributed by atoms with Crippen LogP contribution in [0.1, 0.15) is 13.3 Å². The van der Waals surface area contributed by atoms with E-state index in [1.54, 1.807) is 6.92 Å². The van der Waals surface area contributed by atoms with E-state index >= 15 is 0 Å². The number of nitro benzene ring substituents is 1. The number of ether oxygens (including phenoxy) is 1. The number of hydrogen-bond acceptors (Lipinski definition) is 7. The summed E-state index contributed by atoms with van der Waals surface area (Å²) in [6.45, 7) is 1.79. The Morgan fingerprint density at radius 2 is 2.09 bits per heavy atom. The molecule has 1 N–H and O–H groups in total. The molecule has 0 radical (unpaired) electrons. The topological polar surface area (TPSA) is 122 Å². The second-order valence-corrected chi connectivity index (χ2v) is 4.44. The van der Waals surface area contributed by atoms with Crippen LogP contribution in [0.4, 0.5) is 11.4 Å². The molecule has 1 aromatic rings. The number of rotatable bonds is 5. The summed E-state index contributed by atoms with van der Waals surface area (Å²) in [4.78, 5) is 33.1. The number of benzene rings is 1. The van der Waals surface area contributed by atoms with Crippen molar-refractivity contribution in [1.82, 2.24) is 0 Å². The number of aliphatic carboxylic acids is 1. The first-order chi connectivity index (χ1) is 10.4. The second-order valence-electron chi connectivity index (χ2n) is 4.44. The third-order valence-electron chi connectivity index (χ3n) is 3.03. The molecular weight excluding hydrogens is 294 g/mol. The van der Waals surface area contributed by atoms with Crippen LogP contribution in [0.5, 0.6) is 0 Å². The number of nitrogens with zero attached hydrogens (tertiary/aromatic N) is 3. The van der Waals surface area contributed by atoms with Crippen LogP contribution in [-0.2, 0) is 14.3 Å². The van der Waals surface area contributed by atoms with Crippen LogP contribution in [0.3, 0.4) is 0 Å². The van der Waals surface area contributed by atoms with Gasteiger partial charge in [0.15, 0.2) is 6.04 Å². The molecule has 1 aliphatic heterocycles. The second kappa shape index (κ2) is 6.20. The molecule has 9 heteroatoms. The quantitative estimate of drug-likeness (QED) is 0.492. The number of esters is 1. The number of hydrazone groups is 1. The molecule has 0 unspecified atom stereocenters. The minimum Gasteiger partial charge on any atom is -0.480 e. The lowest BCUT2D eigenvalue weighted by Gasteiger charge is -2.19. The Kier molecular flexibility index (Phi) is 4.35. The van der Waals surface area contributed by atoms with Gasteiger partial charge in [0.2, 0.25) is 0 Å². The fourth-order valence-electron chi connectivity index (χ4n) is 2.01. The van der Waals surface area contributed by atoms with E-state index in [1.165, 1.54) is 24.3 Å². The Morgan fingerprint density at radius 3 is 2.59 bits per heavy atom. The minimum atomic E-state index is -1.15. The summed E-state index contributed by atoms with van der Waals surface area (Å²) in [7, 11) is 0. The van der Waals surface area contributed by atoms with Gasteiger partial charge >= 0.3 is 11.9 Å². The molecule has 22 heavy (non-hydrogen) atoms. The van der Waals surface area contributed by atoms with Crippen molar-refractivity contribution in [2.75, 3.05) is 11.6 Å². The third kappa shape index (κ3) is 3.03. The number of anilines is 1. The highest BCUT2D eigenvalue weighted by Gasteiger charge is 2.36. The zero-order valence-electron chi connectivity index (χ0n) is 11.6. The van der Waals surface area contributed by atoms with Gasteiger partial charge in [0.1, 0.15) is 5.71 Å². The number of carbonyl (C=O) groups excluding carboxylic acids is 1. The van der Waals surface area contributed by atoms with E-state index in [1.807, 2.05) is 0 Å². The standard InChI is InChI=1S/C13H13N3O6/c1-2-22-13(19)10-7-11(12(17)18)15(14-10)8-3-5-9(6-4-8)16(20)21/h3-6,11H,2,7H2,1H3,(H,17,18)/t11-/m0/s1. The summed E-state index contributed by atoms with van der Waals surface area (Å²) in [5.74, 6) is -1.82. The first-order valence-corrected chi connectivity index (χ1v) is 6.45. The van der Waals surface area contributed by atoms with Crippen LogP contribution >= 0.6 is 0 Å². The smallest absolute Gasteiger partial charge is 0.354 e. The van der Waals surface area contributed by atoms with Crippen LogP contribution < -0.4 is 5.01 Å². The van der Waals surface area contributed by atoms with E-state index in [2.05, 4.69) is 5.10 Å². The molecule has 0 saturated heterocycles. The molecule has 0 amide bonds. The average molecular weight is 307 g/mol. The van der Waals surface area contributed by atoms with Gasteiger partial charge in [-0.25, -0.2) is 9.59 Å². The summed E-state index contributed by atoms with van der Waals surface area (Å²) in [5, 5.41) is 25.0. The van der Waals surface area contributed by atoms with E-state index in [-0.39, 0.29) is 24.4 Å². The highest BCUT2D eigenvalue weighted by Crippen LogP contribution is 2.27. The lowest BCUT2D eigenvalue weighted by atomic mass is 10.1. The minimum absolute atomic E-state index is 0.00704. The van der Waals surface area contributed by atoms with E-state index in [9.17, 15) is 24.8 Å². The van der Waals surface area contributed by atoms with Crippen LogP contribution in [0.2, 0.25) is 0 Å². The molecule has 0 fully saturated rings. The normalized spacial score (nSPS) is 17.0. The summed E-state index contributed by atoms with van der Waals surface area (Å²) in [6.07, 6.45) is -0.0921. The lowest BCUT2D eigenvalue weighted by molar-refractivity contribution is -0.384. The highest BCUT2D eigenvalue weighted by atomic mass is 16.6.